The molecule has 0 radical (unpaired) electrons. The number of benzene rings is 2. The summed E-state index contributed by atoms with van der Waals surface area (Å²) >= 11 is 6.26. The number of sulfonamides is 1. The van der Waals surface area contributed by atoms with Gasteiger partial charge in [0.05, 0.1) is 29.7 Å². The van der Waals surface area contributed by atoms with Crippen molar-refractivity contribution in [3.05, 3.63) is 70.3 Å². The number of morpholine rings is 1. The highest BCUT2D eigenvalue weighted by molar-refractivity contribution is 7.89. The summed E-state index contributed by atoms with van der Waals surface area (Å²) in [5.74, 6) is -1.81. The van der Waals surface area contributed by atoms with Crippen molar-refractivity contribution in [2.45, 2.75) is 30.2 Å². The summed E-state index contributed by atoms with van der Waals surface area (Å²) in [6, 6.07) is 11.9. The van der Waals surface area contributed by atoms with Gasteiger partial charge < -0.3 is 14.7 Å². The van der Waals surface area contributed by atoms with E-state index in [1.54, 1.807) is 24.3 Å². The summed E-state index contributed by atoms with van der Waals surface area (Å²) in [4.78, 5) is 30.4. The van der Waals surface area contributed by atoms with Gasteiger partial charge in [-0.2, -0.15) is 4.31 Å². The Morgan fingerprint density at radius 1 is 0.974 bits per heavy atom. The number of carbonyl (C=O) groups excluding carboxylic acids is 2. The van der Waals surface area contributed by atoms with E-state index in [0.29, 0.717) is 49.9 Å². The smallest absolute Gasteiger partial charge is 0.295 e. The van der Waals surface area contributed by atoms with E-state index < -0.39 is 27.8 Å². The molecule has 0 aliphatic carbocycles. The summed E-state index contributed by atoms with van der Waals surface area (Å²) < 4.78 is 32.7. The summed E-state index contributed by atoms with van der Waals surface area (Å²) in [7, 11) is -3.63. The van der Waals surface area contributed by atoms with Crippen LogP contribution in [0.5, 0.6) is 0 Å². The molecule has 0 saturated carbocycles. The fourth-order valence-corrected chi connectivity index (χ4v) is 7.16. The molecule has 0 unspecified atom stereocenters. The van der Waals surface area contributed by atoms with E-state index >= 15 is 0 Å². The van der Waals surface area contributed by atoms with E-state index in [1.165, 1.54) is 33.5 Å². The number of amides is 1. The second kappa shape index (κ2) is 11.8. The van der Waals surface area contributed by atoms with Crippen molar-refractivity contribution in [3.63, 3.8) is 0 Å². The number of hydrogen-bond donors (Lipinski definition) is 1. The zero-order valence-corrected chi connectivity index (χ0v) is 23.2. The van der Waals surface area contributed by atoms with Crippen molar-refractivity contribution in [2.24, 2.45) is 0 Å². The van der Waals surface area contributed by atoms with E-state index in [9.17, 15) is 23.1 Å². The minimum absolute atomic E-state index is 0.0382. The monoisotopic (exact) mass is 573 g/mol. The molecule has 3 aliphatic heterocycles. The molecule has 1 atom stereocenters. The number of aliphatic hydroxyl groups excluding tert-OH is 1. The average molecular weight is 574 g/mol. The maximum atomic E-state index is 13.3. The van der Waals surface area contributed by atoms with E-state index in [4.69, 9.17) is 16.3 Å². The summed E-state index contributed by atoms with van der Waals surface area (Å²) in [6.45, 7) is 5.03. The number of rotatable bonds is 8. The Labute approximate surface area is 233 Å². The lowest BCUT2D eigenvalue weighted by atomic mass is 9.95. The van der Waals surface area contributed by atoms with Crippen molar-refractivity contribution >= 4 is 39.1 Å². The van der Waals surface area contributed by atoms with Crippen LogP contribution in [-0.4, -0.2) is 91.8 Å². The third-order valence-electron chi connectivity index (χ3n) is 7.51. The Morgan fingerprint density at radius 3 is 2.33 bits per heavy atom. The van der Waals surface area contributed by atoms with Gasteiger partial charge in [-0.3, -0.25) is 14.5 Å². The number of ether oxygens (including phenoxy) is 1. The van der Waals surface area contributed by atoms with Crippen LogP contribution in [0.1, 0.15) is 36.4 Å². The second-order valence-electron chi connectivity index (χ2n) is 9.99. The Balaban J connectivity index is 1.45. The lowest BCUT2D eigenvalue weighted by molar-refractivity contribution is -0.140. The predicted octanol–water partition coefficient (Wildman–Crippen LogP) is 3.27. The van der Waals surface area contributed by atoms with Crippen LogP contribution < -0.4 is 0 Å². The van der Waals surface area contributed by atoms with Crippen LogP contribution in [0.2, 0.25) is 5.02 Å². The van der Waals surface area contributed by atoms with Gasteiger partial charge in [0.15, 0.2) is 0 Å². The molecular weight excluding hydrogens is 542 g/mol. The van der Waals surface area contributed by atoms with Gasteiger partial charge in [-0.25, -0.2) is 8.42 Å². The van der Waals surface area contributed by atoms with E-state index in [-0.39, 0.29) is 21.8 Å². The van der Waals surface area contributed by atoms with E-state index in [2.05, 4.69) is 4.90 Å². The van der Waals surface area contributed by atoms with Crippen LogP contribution in [0.3, 0.4) is 0 Å². The molecule has 1 amide bonds. The standard InChI is InChI=1S/C28H32ClN3O6S/c29-22-6-3-5-21(19-22)25-24(27(34)28(35)32(25)14-4-11-30-15-17-38-18-16-30)26(33)20-7-9-23(10-8-20)39(36,37)31-12-1-2-13-31/h3,5-10,19,25,33H,1-2,4,11-18H2/t25-/m0/s1. The third kappa shape index (κ3) is 5.76. The quantitative estimate of drug-likeness (QED) is 0.293. The molecule has 39 heavy (non-hydrogen) atoms. The highest BCUT2D eigenvalue weighted by atomic mass is 35.5. The van der Waals surface area contributed by atoms with Crippen LogP contribution >= 0.6 is 11.6 Å². The van der Waals surface area contributed by atoms with Crippen LogP contribution in [0.25, 0.3) is 5.76 Å². The minimum Gasteiger partial charge on any atom is -0.507 e. The van der Waals surface area contributed by atoms with Gasteiger partial charge in [-0.05, 0) is 61.2 Å². The maximum absolute atomic E-state index is 13.3. The van der Waals surface area contributed by atoms with Crippen molar-refractivity contribution in [3.8, 4) is 0 Å². The van der Waals surface area contributed by atoms with Crippen LogP contribution in [-0.2, 0) is 24.3 Å². The molecule has 2 aromatic carbocycles. The van der Waals surface area contributed by atoms with Crippen molar-refractivity contribution in [1.29, 1.82) is 0 Å². The van der Waals surface area contributed by atoms with Gasteiger partial charge in [-0.1, -0.05) is 23.7 Å². The highest BCUT2D eigenvalue weighted by Crippen LogP contribution is 2.40. The zero-order valence-electron chi connectivity index (χ0n) is 21.6. The highest BCUT2D eigenvalue weighted by Gasteiger charge is 2.46. The molecule has 9 nitrogen and oxygen atoms in total. The van der Waals surface area contributed by atoms with Crippen LogP contribution in [0.15, 0.2) is 59.0 Å². The molecular formula is C28H32ClN3O6S. The number of halogens is 1. The molecule has 2 aromatic rings. The first-order chi connectivity index (χ1) is 18.8. The first-order valence-corrected chi connectivity index (χ1v) is 15.0. The summed E-state index contributed by atoms with van der Waals surface area (Å²) in [5, 5.41) is 11.8. The zero-order chi connectivity index (χ0) is 27.6. The molecule has 3 aliphatic rings. The normalized spacial score (nSPS) is 22.6. The van der Waals surface area contributed by atoms with E-state index in [0.717, 1.165) is 32.5 Å². The Hall–Kier alpha value is -2.76. The van der Waals surface area contributed by atoms with Gasteiger partial charge in [-0.15, -0.1) is 0 Å². The SMILES string of the molecule is O=C1C(=O)N(CCCN2CCOCC2)[C@@H](c2cccc(Cl)c2)C1=C(O)c1ccc(S(=O)(=O)N2CCCC2)cc1. The largest absolute Gasteiger partial charge is 0.507 e. The Kier molecular flexibility index (Phi) is 8.39. The lowest BCUT2D eigenvalue weighted by Crippen LogP contribution is -2.38. The molecule has 11 heteroatoms. The van der Waals surface area contributed by atoms with Crippen LogP contribution in [0.4, 0.5) is 0 Å². The number of likely N-dealkylation sites (tertiary alicyclic amines) is 1. The van der Waals surface area contributed by atoms with Gasteiger partial charge in [0.1, 0.15) is 5.76 Å². The maximum Gasteiger partial charge on any atom is 0.295 e. The Morgan fingerprint density at radius 2 is 1.67 bits per heavy atom. The Bertz CT molecular complexity index is 1370. The van der Waals surface area contributed by atoms with Crippen molar-refractivity contribution < 1.29 is 27.9 Å². The number of nitrogens with zero attached hydrogens (tertiary/aromatic N) is 3. The van der Waals surface area contributed by atoms with Gasteiger partial charge in [0.25, 0.3) is 11.7 Å². The van der Waals surface area contributed by atoms with Gasteiger partial charge in [0.2, 0.25) is 10.0 Å². The lowest BCUT2D eigenvalue weighted by Gasteiger charge is -2.29. The fraction of sp³-hybridized carbons (Fsp3) is 0.429. The fourth-order valence-electron chi connectivity index (χ4n) is 5.44. The molecule has 0 spiro atoms. The van der Waals surface area contributed by atoms with Crippen LogP contribution in [0, 0.1) is 0 Å². The topological polar surface area (TPSA) is 107 Å². The predicted molar refractivity (Wildman–Crippen MR) is 147 cm³/mol. The number of aliphatic hydroxyl groups is 1. The molecule has 3 heterocycles. The van der Waals surface area contributed by atoms with Gasteiger partial charge >= 0.3 is 0 Å². The molecule has 1 N–H and O–H groups in total. The minimum atomic E-state index is -3.63. The number of carbonyl (C=O) groups is 2. The molecule has 0 aromatic heterocycles. The number of hydrogen-bond acceptors (Lipinski definition) is 7. The second-order valence-corrected chi connectivity index (χ2v) is 12.4. The first kappa shape index (κ1) is 27.8. The summed E-state index contributed by atoms with van der Waals surface area (Å²) in [5.41, 5.74) is 0.834. The first-order valence-electron chi connectivity index (χ1n) is 13.2. The molecule has 208 valence electrons. The van der Waals surface area contributed by atoms with Crippen molar-refractivity contribution in [1.82, 2.24) is 14.1 Å². The number of Topliss-reactive ketones (excluding diaryl/α,β-unsaturated/α-hetero) is 1. The number of ketones is 1. The molecule has 5 rings (SSSR count). The molecule has 0 bridgehead atoms. The van der Waals surface area contributed by atoms with E-state index in [1.807, 2.05) is 0 Å². The molecule has 3 fully saturated rings. The van der Waals surface area contributed by atoms with Gasteiger partial charge in [0, 0.05) is 49.9 Å². The van der Waals surface area contributed by atoms with Crippen molar-refractivity contribution in [2.75, 3.05) is 52.5 Å². The average Bonchev–Trinajstić information content (AvgIpc) is 3.58. The third-order valence-corrected chi connectivity index (χ3v) is 9.66. The molecule has 3 saturated heterocycles. The summed E-state index contributed by atoms with van der Waals surface area (Å²) in [6.07, 6.45) is 2.30.